The zero-order valence-corrected chi connectivity index (χ0v) is 10.9. The average Bonchev–Trinajstić information content (AvgIpc) is 2.16. The fourth-order valence-electron chi connectivity index (χ4n) is 1.69. The lowest BCUT2D eigenvalue weighted by molar-refractivity contribution is 0.762. The molecule has 0 aliphatic heterocycles. The quantitative estimate of drug-likeness (QED) is 0.385. The van der Waals surface area contributed by atoms with E-state index in [0.29, 0.717) is 0 Å². The first kappa shape index (κ1) is 14.2. The molecule has 0 bridgehead atoms. The van der Waals surface area contributed by atoms with Crippen LogP contribution in [0.15, 0.2) is 35.5 Å². The molecule has 0 amide bonds. The van der Waals surface area contributed by atoms with Crippen LogP contribution < -0.4 is 0 Å². The van der Waals surface area contributed by atoms with Crippen molar-refractivity contribution in [1.82, 2.24) is 0 Å². The second kappa shape index (κ2) is 8.52. The van der Waals surface area contributed by atoms with Crippen LogP contribution in [0.5, 0.6) is 0 Å². The molecule has 0 atom stereocenters. The standard InChI is InChI=1S/C15H26/c1-6-9-14(5)10-8-11-15(7-2)12-13(3)4/h7,12H,5-6,8-11H2,1-4H3/b15-7-. The molecule has 0 N–H and O–H groups in total. The third-order valence-electron chi connectivity index (χ3n) is 2.44. The van der Waals surface area contributed by atoms with E-state index >= 15 is 0 Å². The second-order valence-corrected chi connectivity index (χ2v) is 4.44. The molecule has 0 spiro atoms. The van der Waals surface area contributed by atoms with Gasteiger partial charge in [-0.3, -0.25) is 0 Å². The minimum Gasteiger partial charge on any atom is -0.0999 e. The van der Waals surface area contributed by atoms with Gasteiger partial charge in [-0.1, -0.05) is 48.8 Å². The largest absolute Gasteiger partial charge is 0.0999 e. The smallest absolute Gasteiger partial charge is 0.0279 e. The van der Waals surface area contributed by atoms with Crippen LogP contribution in [0, 0.1) is 0 Å². The van der Waals surface area contributed by atoms with Gasteiger partial charge in [0.1, 0.15) is 0 Å². The van der Waals surface area contributed by atoms with Crippen molar-refractivity contribution in [3.8, 4) is 0 Å². The molecular weight excluding hydrogens is 180 g/mol. The van der Waals surface area contributed by atoms with E-state index in [1.54, 1.807) is 0 Å². The molecule has 0 fully saturated rings. The van der Waals surface area contributed by atoms with Crippen LogP contribution >= 0.6 is 0 Å². The second-order valence-electron chi connectivity index (χ2n) is 4.44. The van der Waals surface area contributed by atoms with E-state index < -0.39 is 0 Å². The molecule has 0 aliphatic carbocycles. The van der Waals surface area contributed by atoms with Gasteiger partial charge in [-0.05, 0) is 46.5 Å². The van der Waals surface area contributed by atoms with Crippen molar-refractivity contribution in [2.24, 2.45) is 0 Å². The van der Waals surface area contributed by atoms with E-state index in [2.05, 4.69) is 46.4 Å². The summed E-state index contributed by atoms with van der Waals surface area (Å²) in [6.07, 6.45) is 10.5. The number of hydrogen-bond acceptors (Lipinski definition) is 0. The molecule has 86 valence electrons. The van der Waals surface area contributed by atoms with Crippen LogP contribution in [-0.2, 0) is 0 Å². The van der Waals surface area contributed by atoms with Crippen LogP contribution in [0.3, 0.4) is 0 Å². The summed E-state index contributed by atoms with van der Waals surface area (Å²) in [4.78, 5) is 0. The topological polar surface area (TPSA) is 0 Å². The fourth-order valence-corrected chi connectivity index (χ4v) is 1.69. The SMILES string of the molecule is C=C(CCC)CCC/C(C=C(C)C)=C/C. The zero-order chi connectivity index (χ0) is 11.7. The minimum absolute atomic E-state index is 1.18. The van der Waals surface area contributed by atoms with Crippen LogP contribution in [0.25, 0.3) is 0 Å². The Morgan fingerprint density at radius 3 is 2.27 bits per heavy atom. The maximum Gasteiger partial charge on any atom is -0.0279 e. The molecule has 0 heteroatoms. The van der Waals surface area contributed by atoms with Crippen molar-refractivity contribution >= 4 is 0 Å². The number of hydrogen-bond donors (Lipinski definition) is 0. The molecule has 0 saturated heterocycles. The number of rotatable bonds is 7. The lowest BCUT2D eigenvalue weighted by atomic mass is 10.0. The summed E-state index contributed by atoms with van der Waals surface area (Å²) in [5.74, 6) is 0. The Bertz CT molecular complexity index is 237. The highest BCUT2D eigenvalue weighted by molar-refractivity contribution is 5.21. The molecule has 15 heavy (non-hydrogen) atoms. The number of allylic oxidation sites excluding steroid dienone is 5. The van der Waals surface area contributed by atoms with Crippen molar-refractivity contribution in [1.29, 1.82) is 0 Å². The van der Waals surface area contributed by atoms with E-state index in [1.807, 2.05) is 0 Å². The average molecular weight is 206 g/mol. The Labute approximate surface area is 95.8 Å². The Morgan fingerprint density at radius 2 is 1.80 bits per heavy atom. The van der Waals surface area contributed by atoms with Gasteiger partial charge in [0.05, 0.1) is 0 Å². The molecule has 0 aromatic heterocycles. The van der Waals surface area contributed by atoms with Gasteiger partial charge in [0.25, 0.3) is 0 Å². The molecule has 0 radical (unpaired) electrons. The first-order valence-electron chi connectivity index (χ1n) is 6.06. The van der Waals surface area contributed by atoms with Crippen molar-refractivity contribution in [3.63, 3.8) is 0 Å². The van der Waals surface area contributed by atoms with Crippen molar-refractivity contribution in [3.05, 3.63) is 35.5 Å². The molecule has 0 nitrogen and oxygen atoms in total. The molecule has 0 saturated carbocycles. The Balaban J connectivity index is 3.84. The summed E-state index contributed by atoms with van der Waals surface area (Å²) in [7, 11) is 0. The third-order valence-corrected chi connectivity index (χ3v) is 2.44. The van der Waals surface area contributed by atoms with Gasteiger partial charge in [0, 0.05) is 0 Å². The van der Waals surface area contributed by atoms with Crippen molar-refractivity contribution in [2.75, 3.05) is 0 Å². The van der Waals surface area contributed by atoms with Crippen LogP contribution in [0.1, 0.15) is 59.8 Å². The summed E-state index contributed by atoms with van der Waals surface area (Å²) in [6.45, 7) is 12.7. The predicted molar refractivity (Wildman–Crippen MR) is 71.1 cm³/mol. The van der Waals surface area contributed by atoms with Gasteiger partial charge in [0.2, 0.25) is 0 Å². The summed E-state index contributed by atoms with van der Waals surface area (Å²) in [5, 5.41) is 0. The van der Waals surface area contributed by atoms with Gasteiger partial charge >= 0.3 is 0 Å². The Kier molecular flexibility index (Phi) is 8.08. The lowest BCUT2D eigenvalue weighted by Crippen LogP contribution is -1.85. The van der Waals surface area contributed by atoms with Gasteiger partial charge in [-0.15, -0.1) is 0 Å². The third kappa shape index (κ3) is 8.23. The minimum atomic E-state index is 1.18. The highest BCUT2D eigenvalue weighted by Gasteiger charge is 1.96. The molecule has 0 aromatic carbocycles. The lowest BCUT2D eigenvalue weighted by Gasteiger charge is -2.05. The summed E-state index contributed by atoms with van der Waals surface area (Å²) in [5.41, 5.74) is 4.25. The Hall–Kier alpha value is -0.780. The van der Waals surface area contributed by atoms with Gasteiger partial charge in [0.15, 0.2) is 0 Å². The zero-order valence-electron chi connectivity index (χ0n) is 10.9. The van der Waals surface area contributed by atoms with Crippen molar-refractivity contribution in [2.45, 2.75) is 59.8 Å². The first-order valence-corrected chi connectivity index (χ1v) is 6.06. The Morgan fingerprint density at radius 1 is 1.13 bits per heavy atom. The van der Waals surface area contributed by atoms with E-state index in [9.17, 15) is 0 Å². The normalized spacial score (nSPS) is 11.3. The van der Waals surface area contributed by atoms with E-state index in [4.69, 9.17) is 0 Å². The van der Waals surface area contributed by atoms with Gasteiger partial charge < -0.3 is 0 Å². The first-order chi connectivity index (χ1) is 7.10. The predicted octanol–water partition coefficient (Wildman–Crippen LogP) is 5.43. The highest BCUT2D eigenvalue weighted by atomic mass is 14.0. The maximum atomic E-state index is 4.09. The molecule has 0 rings (SSSR count). The molecule has 0 aromatic rings. The monoisotopic (exact) mass is 206 g/mol. The van der Waals surface area contributed by atoms with E-state index in [1.165, 1.54) is 48.8 Å². The molecular formula is C15H26. The highest BCUT2D eigenvalue weighted by Crippen LogP contribution is 2.16. The molecule has 0 unspecified atom stereocenters. The molecule has 0 heterocycles. The van der Waals surface area contributed by atoms with Crippen molar-refractivity contribution < 1.29 is 0 Å². The summed E-state index contributed by atoms with van der Waals surface area (Å²) < 4.78 is 0. The summed E-state index contributed by atoms with van der Waals surface area (Å²) in [6, 6.07) is 0. The van der Waals surface area contributed by atoms with E-state index in [0.717, 1.165) is 0 Å². The van der Waals surface area contributed by atoms with E-state index in [-0.39, 0.29) is 0 Å². The van der Waals surface area contributed by atoms with Crippen LogP contribution in [-0.4, -0.2) is 0 Å². The summed E-state index contributed by atoms with van der Waals surface area (Å²) >= 11 is 0. The van der Waals surface area contributed by atoms with Crippen LogP contribution in [0.2, 0.25) is 0 Å². The fraction of sp³-hybridized carbons (Fsp3) is 0.600. The molecule has 0 aliphatic rings. The van der Waals surface area contributed by atoms with Crippen LogP contribution in [0.4, 0.5) is 0 Å². The van der Waals surface area contributed by atoms with Gasteiger partial charge in [-0.25, -0.2) is 0 Å². The van der Waals surface area contributed by atoms with Gasteiger partial charge in [-0.2, -0.15) is 0 Å². The maximum absolute atomic E-state index is 4.09.